The van der Waals surface area contributed by atoms with Gasteiger partial charge in [0.2, 0.25) is 0 Å². The molecule has 154 valence electrons. The molecule has 2 aliphatic rings. The number of carbonyl (C=O) groups excluding carboxylic acids is 2. The zero-order valence-corrected chi connectivity index (χ0v) is 17.3. The summed E-state index contributed by atoms with van der Waals surface area (Å²) in [7, 11) is 0. The Morgan fingerprint density at radius 3 is 2.62 bits per heavy atom. The van der Waals surface area contributed by atoms with Gasteiger partial charge in [-0.05, 0) is 32.4 Å². The molecule has 0 N–H and O–H groups in total. The number of ether oxygens (including phenoxy) is 1. The number of aromatic nitrogens is 1. The van der Waals surface area contributed by atoms with Crippen molar-refractivity contribution < 1.29 is 14.3 Å². The molecule has 3 heterocycles. The molecule has 6 heteroatoms. The fourth-order valence-electron chi connectivity index (χ4n) is 4.50. The van der Waals surface area contributed by atoms with Crippen molar-refractivity contribution in [2.45, 2.75) is 39.7 Å². The van der Waals surface area contributed by atoms with Gasteiger partial charge < -0.3 is 9.64 Å². The molecule has 0 saturated carbocycles. The maximum absolute atomic E-state index is 13.6. The zero-order chi connectivity index (χ0) is 20.4. The van der Waals surface area contributed by atoms with E-state index in [-0.39, 0.29) is 17.8 Å². The van der Waals surface area contributed by atoms with Gasteiger partial charge in [-0.3, -0.25) is 19.5 Å². The second kappa shape index (κ2) is 8.49. The first kappa shape index (κ1) is 19.8. The minimum atomic E-state index is -0.134. The molecular weight excluding hydrogens is 366 g/mol. The van der Waals surface area contributed by atoms with Crippen LogP contribution in [0.4, 0.5) is 0 Å². The Balaban J connectivity index is 1.65. The molecule has 1 amide bonds. The minimum Gasteiger partial charge on any atom is -0.466 e. The number of nitrogens with zero attached hydrogens (tertiary/aromatic N) is 3. The van der Waals surface area contributed by atoms with Crippen LogP contribution in [0.5, 0.6) is 0 Å². The average Bonchev–Trinajstić information content (AvgIpc) is 2.77. The van der Waals surface area contributed by atoms with E-state index >= 15 is 0 Å². The van der Waals surface area contributed by atoms with E-state index in [9.17, 15) is 9.59 Å². The lowest BCUT2D eigenvalue weighted by Gasteiger charge is -2.33. The van der Waals surface area contributed by atoms with Crippen molar-refractivity contribution in [2.24, 2.45) is 5.92 Å². The standard InChI is InChI=1S/C23H29N3O3/c1-3-25-12-11-20-18(15-25)21(17-7-5-6-8-19(17)24-20)22(27)26-13-9-16(10-14-26)23(28)29-4-2/h5-8,16H,3-4,9-15H2,1-2H3. The molecule has 29 heavy (non-hydrogen) atoms. The van der Waals surface area contributed by atoms with Gasteiger partial charge in [0.1, 0.15) is 0 Å². The first-order valence-corrected chi connectivity index (χ1v) is 10.7. The minimum absolute atomic E-state index is 0.0695. The molecular formula is C23H29N3O3. The third-order valence-corrected chi connectivity index (χ3v) is 6.19. The molecule has 1 fully saturated rings. The smallest absolute Gasteiger partial charge is 0.309 e. The first-order valence-electron chi connectivity index (χ1n) is 10.7. The highest BCUT2D eigenvalue weighted by atomic mass is 16.5. The summed E-state index contributed by atoms with van der Waals surface area (Å²) in [5.41, 5.74) is 3.83. The van der Waals surface area contributed by atoms with E-state index in [0.29, 0.717) is 32.5 Å². The number of likely N-dealkylation sites (tertiary alicyclic amines) is 1. The number of esters is 1. The maximum Gasteiger partial charge on any atom is 0.309 e. The van der Waals surface area contributed by atoms with Gasteiger partial charge in [0.25, 0.3) is 5.91 Å². The van der Waals surface area contributed by atoms with Crippen LogP contribution in [-0.2, 0) is 22.5 Å². The lowest BCUT2D eigenvalue weighted by atomic mass is 9.92. The lowest BCUT2D eigenvalue weighted by molar-refractivity contribution is -0.149. The molecule has 0 spiro atoms. The van der Waals surface area contributed by atoms with Crippen molar-refractivity contribution in [1.29, 1.82) is 0 Å². The number of hydrogen-bond acceptors (Lipinski definition) is 5. The van der Waals surface area contributed by atoms with Crippen LogP contribution in [0.2, 0.25) is 0 Å². The summed E-state index contributed by atoms with van der Waals surface area (Å²) in [5, 5.41) is 0.932. The molecule has 6 nitrogen and oxygen atoms in total. The van der Waals surface area contributed by atoms with Crippen LogP contribution >= 0.6 is 0 Å². The molecule has 4 rings (SSSR count). The molecule has 0 radical (unpaired) electrons. The summed E-state index contributed by atoms with van der Waals surface area (Å²) in [4.78, 5) is 34.8. The van der Waals surface area contributed by atoms with Crippen molar-refractivity contribution in [3.63, 3.8) is 0 Å². The zero-order valence-electron chi connectivity index (χ0n) is 17.3. The number of benzene rings is 1. The number of pyridine rings is 1. The number of carbonyl (C=O) groups is 2. The largest absolute Gasteiger partial charge is 0.466 e. The number of piperidine rings is 1. The third-order valence-electron chi connectivity index (χ3n) is 6.19. The van der Waals surface area contributed by atoms with E-state index in [4.69, 9.17) is 9.72 Å². The second-order valence-electron chi connectivity index (χ2n) is 7.87. The van der Waals surface area contributed by atoms with E-state index in [1.165, 1.54) is 0 Å². The number of fused-ring (bicyclic) bond motifs is 2. The molecule has 1 aromatic carbocycles. The van der Waals surface area contributed by atoms with E-state index in [1.807, 2.05) is 36.1 Å². The molecule has 1 saturated heterocycles. The Kier molecular flexibility index (Phi) is 5.81. The van der Waals surface area contributed by atoms with Gasteiger partial charge in [0.05, 0.1) is 23.6 Å². The molecule has 0 bridgehead atoms. The Morgan fingerprint density at radius 2 is 1.90 bits per heavy atom. The SMILES string of the molecule is CCOC(=O)C1CCN(C(=O)c2c3c(nc4ccccc24)CCN(CC)C3)CC1. The molecule has 2 aromatic rings. The van der Waals surface area contributed by atoms with Crippen LogP contribution in [0.1, 0.15) is 48.3 Å². The Bertz CT molecular complexity index is 919. The Morgan fingerprint density at radius 1 is 1.14 bits per heavy atom. The van der Waals surface area contributed by atoms with E-state index in [0.717, 1.165) is 53.8 Å². The highest BCUT2D eigenvalue weighted by Gasteiger charge is 2.32. The number of rotatable bonds is 4. The summed E-state index contributed by atoms with van der Waals surface area (Å²) in [5.74, 6) is -0.164. The summed E-state index contributed by atoms with van der Waals surface area (Å²) in [6, 6.07) is 7.94. The van der Waals surface area contributed by atoms with Crippen molar-refractivity contribution >= 4 is 22.8 Å². The number of para-hydroxylation sites is 1. The van der Waals surface area contributed by atoms with Gasteiger partial charge in [0, 0.05) is 49.2 Å². The molecule has 2 aliphatic heterocycles. The van der Waals surface area contributed by atoms with Gasteiger partial charge in [-0.15, -0.1) is 0 Å². The molecule has 0 atom stereocenters. The van der Waals surface area contributed by atoms with Crippen LogP contribution in [0.3, 0.4) is 0 Å². The van der Waals surface area contributed by atoms with Crippen molar-refractivity contribution in [2.75, 3.05) is 32.8 Å². The average molecular weight is 396 g/mol. The van der Waals surface area contributed by atoms with Crippen LogP contribution in [0.15, 0.2) is 24.3 Å². The monoisotopic (exact) mass is 395 g/mol. The topological polar surface area (TPSA) is 62.7 Å². The molecule has 0 unspecified atom stereocenters. The fourth-order valence-corrected chi connectivity index (χ4v) is 4.50. The lowest BCUT2D eigenvalue weighted by Crippen LogP contribution is -2.42. The van der Waals surface area contributed by atoms with Crippen LogP contribution in [0, 0.1) is 5.92 Å². The fraction of sp³-hybridized carbons (Fsp3) is 0.522. The normalized spacial score (nSPS) is 17.9. The van der Waals surface area contributed by atoms with Crippen LogP contribution in [-0.4, -0.2) is 59.4 Å². The van der Waals surface area contributed by atoms with Crippen molar-refractivity contribution in [3.05, 3.63) is 41.1 Å². The predicted molar refractivity (Wildman–Crippen MR) is 112 cm³/mol. The quantitative estimate of drug-likeness (QED) is 0.745. The Hall–Kier alpha value is -2.47. The van der Waals surface area contributed by atoms with E-state index in [2.05, 4.69) is 11.8 Å². The molecule has 1 aromatic heterocycles. The van der Waals surface area contributed by atoms with Gasteiger partial charge in [-0.1, -0.05) is 25.1 Å². The summed E-state index contributed by atoms with van der Waals surface area (Å²) in [6.45, 7) is 8.27. The van der Waals surface area contributed by atoms with Gasteiger partial charge in [-0.25, -0.2) is 0 Å². The van der Waals surface area contributed by atoms with Crippen LogP contribution in [0.25, 0.3) is 10.9 Å². The maximum atomic E-state index is 13.6. The highest BCUT2D eigenvalue weighted by Crippen LogP contribution is 2.30. The number of likely N-dealkylation sites (N-methyl/N-ethyl adjacent to an activating group) is 1. The first-order chi connectivity index (χ1) is 14.1. The van der Waals surface area contributed by atoms with Crippen LogP contribution < -0.4 is 0 Å². The van der Waals surface area contributed by atoms with Crippen molar-refractivity contribution in [1.82, 2.24) is 14.8 Å². The second-order valence-corrected chi connectivity index (χ2v) is 7.87. The number of amides is 1. The van der Waals surface area contributed by atoms with E-state index < -0.39 is 0 Å². The summed E-state index contributed by atoms with van der Waals surface area (Å²) in [6.07, 6.45) is 2.20. The van der Waals surface area contributed by atoms with E-state index in [1.54, 1.807) is 0 Å². The Labute approximate surface area is 171 Å². The van der Waals surface area contributed by atoms with Gasteiger partial charge >= 0.3 is 5.97 Å². The number of hydrogen-bond donors (Lipinski definition) is 0. The van der Waals surface area contributed by atoms with Crippen molar-refractivity contribution in [3.8, 4) is 0 Å². The van der Waals surface area contributed by atoms with Gasteiger partial charge in [-0.2, -0.15) is 0 Å². The third kappa shape index (κ3) is 3.86. The highest BCUT2D eigenvalue weighted by molar-refractivity contribution is 6.07. The summed E-state index contributed by atoms with van der Waals surface area (Å²) < 4.78 is 5.16. The van der Waals surface area contributed by atoms with Gasteiger partial charge in [0.15, 0.2) is 0 Å². The summed E-state index contributed by atoms with van der Waals surface area (Å²) >= 11 is 0. The molecule has 0 aliphatic carbocycles. The predicted octanol–water partition coefficient (Wildman–Crippen LogP) is 3.03.